The fraction of sp³-hybridized carbons (Fsp3) is 0.500. The summed E-state index contributed by atoms with van der Waals surface area (Å²) in [6.45, 7) is 3.14. The predicted octanol–water partition coefficient (Wildman–Crippen LogP) is -3.90. The third-order valence-corrected chi connectivity index (χ3v) is 0. The van der Waals surface area contributed by atoms with E-state index in [1.54, 1.807) is 0 Å². The predicted molar refractivity (Wildman–Crippen MR) is 42.3 cm³/mol. The van der Waals surface area contributed by atoms with Gasteiger partial charge >= 0.3 is 29.6 Å². The van der Waals surface area contributed by atoms with Crippen molar-refractivity contribution >= 4 is 17.9 Å². The number of carbonyl (C=O) groups is 3. The van der Waals surface area contributed by atoms with Gasteiger partial charge in [0, 0.05) is 19.8 Å². The molecule has 0 unspecified atom stereocenters. The standard InChI is InChI=1S/3C2H4O2.H3N.Na/c3*1-2(3)4;;/h3*1H3,(H,3,4);1H3;/q;;;;+1/p-1. The Morgan fingerprint density at radius 1 is 0.929 bits per heavy atom. The van der Waals surface area contributed by atoms with Crippen LogP contribution < -0.4 is 40.8 Å². The van der Waals surface area contributed by atoms with E-state index in [0.717, 1.165) is 20.8 Å². The quantitative estimate of drug-likeness (QED) is 0.352. The monoisotopic (exact) mass is 219 g/mol. The summed E-state index contributed by atoms with van der Waals surface area (Å²) in [5.74, 6) is -2.75. The first-order chi connectivity index (χ1) is 5.20. The molecule has 0 rings (SSSR count). The van der Waals surface area contributed by atoms with Crippen LogP contribution in [-0.2, 0) is 14.4 Å². The van der Waals surface area contributed by atoms with Gasteiger partial charge in [-0.1, -0.05) is 0 Å². The fourth-order valence-corrected chi connectivity index (χ4v) is 0. The van der Waals surface area contributed by atoms with Gasteiger partial charge in [0.2, 0.25) is 0 Å². The van der Waals surface area contributed by atoms with E-state index in [9.17, 15) is 0 Å². The molecular formula is C6H14NNaO6. The molecule has 0 heterocycles. The molecule has 0 fully saturated rings. The van der Waals surface area contributed by atoms with E-state index in [2.05, 4.69) is 0 Å². The van der Waals surface area contributed by atoms with Crippen LogP contribution in [0.3, 0.4) is 0 Å². The second-order valence-electron chi connectivity index (χ2n) is 1.53. The van der Waals surface area contributed by atoms with E-state index in [0.29, 0.717) is 0 Å². The summed E-state index contributed by atoms with van der Waals surface area (Å²) in [6, 6.07) is 0. The van der Waals surface area contributed by atoms with Gasteiger partial charge in [0.1, 0.15) is 0 Å². The number of carboxylic acids is 3. The minimum Gasteiger partial charge on any atom is -0.550 e. The van der Waals surface area contributed by atoms with Gasteiger partial charge in [0.15, 0.2) is 0 Å². The van der Waals surface area contributed by atoms with Crippen LogP contribution in [0.15, 0.2) is 0 Å². The maximum Gasteiger partial charge on any atom is 1.00 e. The molecule has 0 amide bonds. The third-order valence-electron chi connectivity index (χ3n) is 0. The van der Waals surface area contributed by atoms with Crippen molar-refractivity contribution < 1.29 is 59.3 Å². The zero-order valence-corrected chi connectivity index (χ0v) is 10.7. The minimum atomic E-state index is -1.08. The van der Waals surface area contributed by atoms with E-state index < -0.39 is 17.9 Å². The van der Waals surface area contributed by atoms with Gasteiger partial charge < -0.3 is 26.3 Å². The van der Waals surface area contributed by atoms with Crippen molar-refractivity contribution in [2.45, 2.75) is 20.8 Å². The van der Waals surface area contributed by atoms with Crippen LogP contribution in [0.5, 0.6) is 0 Å². The Hall–Kier alpha value is -0.630. The Balaban J connectivity index is -0.0000000270. The van der Waals surface area contributed by atoms with E-state index >= 15 is 0 Å². The number of carbonyl (C=O) groups excluding carboxylic acids is 1. The molecule has 8 heteroatoms. The number of rotatable bonds is 0. The van der Waals surface area contributed by atoms with E-state index in [1.165, 1.54) is 0 Å². The van der Waals surface area contributed by atoms with Gasteiger partial charge in [-0.25, -0.2) is 0 Å². The fourth-order valence-electron chi connectivity index (χ4n) is 0. The summed E-state index contributed by atoms with van der Waals surface area (Å²) in [7, 11) is 0. The Morgan fingerprint density at radius 2 is 0.929 bits per heavy atom. The molecule has 0 bridgehead atoms. The van der Waals surface area contributed by atoms with Gasteiger partial charge in [-0.05, 0) is 6.92 Å². The van der Waals surface area contributed by atoms with Gasteiger partial charge in [0.25, 0.3) is 11.9 Å². The van der Waals surface area contributed by atoms with Crippen molar-refractivity contribution in [3.8, 4) is 0 Å². The number of hydrogen-bond donors (Lipinski definition) is 3. The molecule has 0 aliphatic carbocycles. The Labute approximate surface area is 104 Å². The molecule has 0 saturated carbocycles. The Morgan fingerprint density at radius 3 is 0.929 bits per heavy atom. The summed E-state index contributed by atoms with van der Waals surface area (Å²) in [5, 5.41) is 23.7. The van der Waals surface area contributed by atoms with Crippen molar-refractivity contribution in [2.24, 2.45) is 0 Å². The molecule has 0 saturated heterocycles. The number of aliphatic carboxylic acids is 3. The van der Waals surface area contributed by atoms with Crippen LogP contribution in [0.2, 0.25) is 0 Å². The average molecular weight is 219 g/mol. The molecule has 0 radical (unpaired) electrons. The first-order valence-electron chi connectivity index (χ1n) is 2.76. The van der Waals surface area contributed by atoms with Gasteiger partial charge in [-0.15, -0.1) is 0 Å². The van der Waals surface area contributed by atoms with Crippen LogP contribution in [0.25, 0.3) is 0 Å². The van der Waals surface area contributed by atoms with Crippen molar-refractivity contribution in [3.63, 3.8) is 0 Å². The van der Waals surface area contributed by atoms with Gasteiger partial charge in [0.05, 0.1) is 0 Å². The molecule has 80 valence electrons. The zero-order chi connectivity index (χ0) is 10.7. The molecule has 0 spiro atoms. The number of carboxylic acid groups (broad SMARTS) is 3. The average Bonchev–Trinajstić information content (AvgIpc) is 1.54. The number of hydrogen-bond acceptors (Lipinski definition) is 5. The van der Waals surface area contributed by atoms with Crippen LogP contribution in [0.4, 0.5) is 0 Å². The second kappa shape index (κ2) is 22.8. The molecule has 7 nitrogen and oxygen atoms in total. The summed E-state index contributed by atoms with van der Waals surface area (Å²) in [6.07, 6.45) is 0. The molecule has 14 heavy (non-hydrogen) atoms. The summed E-state index contributed by atoms with van der Waals surface area (Å²) in [4.78, 5) is 26.9. The van der Waals surface area contributed by atoms with E-state index in [1.807, 2.05) is 0 Å². The second-order valence-corrected chi connectivity index (χ2v) is 1.53. The maximum absolute atomic E-state index is 9.00. The first kappa shape index (κ1) is 29.2. The Kier molecular flexibility index (Phi) is 47.6. The van der Waals surface area contributed by atoms with Crippen LogP contribution >= 0.6 is 0 Å². The SMILES string of the molecule is CC(=O)O.CC(=O)O.CC(=O)[O-].N.[Na+]. The van der Waals surface area contributed by atoms with Crippen molar-refractivity contribution in [1.29, 1.82) is 0 Å². The first-order valence-corrected chi connectivity index (χ1v) is 2.76. The minimum absolute atomic E-state index is 0. The smallest absolute Gasteiger partial charge is 0.550 e. The summed E-state index contributed by atoms with van der Waals surface area (Å²) in [5.41, 5.74) is 0. The summed E-state index contributed by atoms with van der Waals surface area (Å²) < 4.78 is 0. The maximum atomic E-state index is 9.00. The zero-order valence-electron chi connectivity index (χ0n) is 8.73. The van der Waals surface area contributed by atoms with E-state index in [4.69, 9.17) is 29.7 Å². The molecule has 0 atom stereocenters. The molecule has 0 aliphatic rings. The summed E-state index contributed by atoms with van der Waals surface area (Å²) >= 11 is 0. The van der Waals surface area contributed by atoms with Crippen LogP contribution in [0.1, 0.15) is 20.8 Å². The van der Waals surface area contributed by atoms with E-state index in [-0.39, 0.29) is 35.7 Å². The van der Waals surface area contributed by atoms with Crippen LogP contribution in [-0.4, -0.2) is 28.1 Å². The Bertz CT molecular complexity index is 120. The van der Waals surface area contributed by atoms with Crippen molar-refractivity contribution in [1.82, 2.24) is 6.15 Å². The normalized spacial score (nSPS) is 5.36. The molecule has 0 aromatic rings. The molecule has 0 aromatic carbocycles. The third kappa shape index (κ3) is 3080. The van der Waals surface area contributed by atoms with Crippen LogP contribution in [0, 0.1) is 0 Å². The molecule has 0 aliphatic heterocycles. The molecule has 0 aromatic heterocycles. The van der Waals surface area contributed by atoms with Crippen molar-refractivity contribution in [3.05, 3.63) is 0 Å². The van der Waals surface area contributed by atoms with Crippen molar-refractivity contribution in [2.75, 3.05) is 0 Å². The molecule has 5 N–H and O–H groups in total. The molecular weight excluding hydrogens is 205 g/mol. The topological polar surface area (TPSA) is 150 Å². The van der Waals surface area contributed by atoms with Gasteiger partial charge in [-0.3, -0.25) is 9.59 Å². The van der Waals surface area contributed by atoms with Gasteiger partial charge in [-0.2, -0.15) is 0 Å². The largest absolute Gasteiger partial charge is 1.00 e.